The van der Waals surface area contributed by atoms with E-state index in [-0.39, 0.29) is 5.57 Å². The first-order valence-corrected chi connectivity index (χ1v) is 10.5. The molecule has 0 aliphatic rings. The van der Waals surface area contributed by atoms with Crippen molar-refractivity contribution in [2.24, 2.45) is 0 Å². The lowest BCUT2D eigenvalue weighted by Gasteiger charge is -2.07. The Morgan fingerprint density at radius 2 is 1.63 bits per heavy atom. The van der Waals surface area contributed by atoms with Crippen LogP contribution >= 0.6 is 23.4 Å². The zero-order valence-electron chi connectivity index (χ0n) is 16.3. The molecule has 30 heavy (non-hydrogen) atoms. The minimum atomic E-state index is -0.457. The van der Waals surface area contributed by atoms with E-state index in [2.05, 4.69) is 5.32 Å². The van der Waals surface area contributed by atoms with Gasteiger partial charge in [-0.25, -0.2) is 0 Å². The van der Waals surface area contributed by atoms with Crippen LogP contribution in [-0.4, -0.2) is 12.5 Å². The second kappa shape index (κ2) is 10.5. The number of benzene rings is 3. The van der Waals surface area contributed by atoms with Gasteiger partial charge in [-0.1, -0.05) is 35.5 Å². The van der Waals surface area contributed by atoms with Gasteiger partial charge in [0.2, 0.25) is 0 Å². The Labute approximate surface area is 185 Å². The van der Waals surface area contributed by atoms with Crippen molar-refractivity contribution >= 4 is 41.0 Å². The van der Waals surface area contributed by atoms with Gasteiger partial charge in [-0.05, 0) is 79.2 Å². The molecule has 1 amide bonds. The van der Waals surface area contributed by atoms with Gasteiger partial charge >= 0.3 is 0 Å². The SMILES string of the molecule is CCOc1ccc(NC(=O)/C(C#N)=C\c2ccc(Sc3ccc(Cl)cc3)cc2)cc1. The van der Waals surface area contributed by atoms with Gasteiger partial charge in [-0.3, -0.25) is 4.79 Å². The van der Waals surface area contributed by atoms with Crippen LogP contribution in [0.25, 0.3) is 6.08 Å². The first-order chi connectivity index (χ1) is 14.6. The molecule has 0 atom stereocenters. The van der Waals surface area contributed by atoms with E-state index < -0.39 is 5.91 Å². The van der Waals surface area contributed by atoms with Crippen molar-refractivity contribution in [2.45, 2.75) is 16.7 Å². The molecule has 0 spiro atoms. The second-order valence-corrected chi connectivity index (χ2v) is 7.79. The van der Waals surface area contributed by atoms with Crippen LogP contribution < -0.4 is 10.1 Å². The number of nitrogens with one attached hydrogen (secondary N) is 1. The lowest BCUT2D eigenvalue weighted by Crippen LogP contribution is -2.13. The van der Waals surface area contributed by atoms with Crippen LogP contribution in [0.5, 0.6) is 5.75 Å². The Hall–Kier alpha value is -3.20. The Bertz CT molecular complexity index is 1070. The van der Waals surface area contributed by atoms with Crippen molar-refractivity contribution in [3.63, 3.8) is 0 Å². The third kappa shape index (κ3) is 6.15. The average Bonchev–Trinajstić information content (AvgIpc) is 2.76. The van der Waals surface area contributed by atoms with Crippen LogP contribution in [0.3, 0.4) is 0 Å². The maximum absolute atomic E-state index is 12.4. The summed E-state index contributed by atoms with van der Waals surface area (Å²) in [5.74, 6) is 0.268. The summed E-state index contributed by atoms with van der Waals surface area (Å²) in [6.45, 7) is 2.48. The number of carbonyl (C=O) groups excluding carboxylic acids is 1. The lowest BCUT2D eigenvalue weighted by molar-refractivity contribution is -0.112. The van der Waals surface area contributed by atoms with E-state index in [1.807, 2.05) is 61.5 Å². The van der Waals surface area contributed by atoms with Crippen molar-refractivity contribution in [1.29, 1.82) is 5.26 Å². The Morgan fingerprint density at radius 3 is 2.20 bits per heavy atom. The fourth-order valence-corrected chi connectivity index (χ4v) is 3.53. The molecule has 0 saturated carbocycles. The number of halogens is 1. The maximum atomic E-state index is 12.4. The number of carbonyl (C=O) groups is 1. The summed E-state index contributed by atoms with van der Waals surface area (Å²) in [7, 11) is 0. The summed E-state index contributed by atoms with van der Waals surface area (Å²) in [5, 5.41) is 12.8. The predicted molar refractivity (Wildman–Crippen MR) is 122 cm³/mol. The molecule has 0 aliphatic carbocycles. The lowest BCUT2D eigenvalue weighted by atomic mass is 10.1. The minimum Gasteiger partial charge on any atom is -0.494 e. The topological polar surface area (TPSA) is 62.1 Å². The van der Waals surface area contributed by atoms with E-state index in [1.54, 1.807) is 42.1 Å². The predicted octanol–water partition coefficient (Wildman–Crippen LogP) is 6.44. The average molecular weight is 435 g/mol. The Kier molecular flexibility index (Phi) is 7.56. The van der Waals surface area contributed by atoms with E-state index >= 15 is 0 Å². The molecule has 3 rings (SSSR count). The molecule has 6 heteroatoms. The van der Waals surface area contributed by atoms with Gasteiger partial charge in [0.05, 0.1) is 6.61 Å². The summed E-state index contributed by atoms with van der Waals surface area (Å²) in [6, 6.07) is 24.2. The fourth-order valence-electron chi connectivity index (χ4n) is 2.59. The van der Waals surface area contributed by atoms with Gasteiger partial charge in [-0.2, -0.15) is 5.26 Å². The van der Waals surface area contributed by atoms with Crippen molar-refractivity contribution < 1.29 is 9.53 Å². The van der Waals surface area contributed by atoms with E-state index in [1.165, 1.54) is 0 Å². The highest BCUT2D eigenvalue weighted by Gasteiger charge is 2.10. The van der Waals surface area contributed by atoms with E-state index in [9.17, 15) is 10.1 Å². The molecule has 150 valence electrons. The third-order valence-electron chi connectivity index (χ3n) is 4.03. The highest BCUT2D eigenvalue weighted by atomic mass is 35.5. The summed E-state index contributed by atoms with van der Waals surface area (Å²) < 4.78 is 5.38. The number of nitrogens with zero attached hydrogens (tertiary/aromatic N) is 1. The summed E-state index contributed by atoms with van der Waals surface area (Å²) in [4.78, 5) is 14.6. The normalized spacial score (nSPS) is 10.9. The zero-order valence-corrected chi connectivity index (χ0v) is 17.8. The van der Waals surface area contributed by atoms with Crippen LogP contribution in [0.2, 0.25) is 5.02 Å². The molecule has 4 nitrogen and oxygen atoms in total. The van der Waals surface area contributed by atoms with Crippen molar-refractivity contribution in [2.75, 3.05) is 11.9 Å². The Morgan fingerprint density at radius 1 is 1.03 bits per heavy atom. The second-order valence-electron chi connectivity index (χ2n) is 6.21. The van der Waals surface area contributed by atoms with Gasteiger partial charge in [-0.15, -0.1) is 0 Å². The Balaban J connectivity index is 1.66. The molecule has 1 N–H and O–H groups in total. The summed E-state index contributed by atoms with van der Waals surface area (Å²) in [5.41, 5.74) is 1.40. The number of amides is 1. The monoisotopic (exact) mass is 434 g/mol. The third-order valence-corrected chi connectivity index (χ3v) is 5.30. The number of anilines is 1. The summed E-state index contributed by atoms with van der Waals surface area (Å²) >= 11 is 7.52. The number of rotatable bonds is 7. The van der Waals surface area contributed by atoms with Crippen molar-refractivity contribution in [1.82, 2.24) is 0 Å². The molecule has 0 heterocycles. The molecule has 0 fully saturated rings. The van der Waals surface area contributed by atoms with Crippen molar-refractivity contribution in [3.05, 3.63) is 89.0 Å². The number of hydrogen-bond acceptors (Lipinski definition) is 4. The van der Waals surface area contributed by atoms with E-state index in [0.29, 0.717) is 17.3 Å². The summed E-state index contributed by atoms with van der Waals surface area (Å²) in [6.07, 6.45) is 1.57. The molecule has 3 aromatic carbocycles. The molecule has 3 aromatic rings. The van der Waals surface area contributed by atoms with Crippen LogP contribution in [0, 0.1) is 11.3 Å². The maximum Gasteiger partial charge on any atom is 0.266 e. The molecule has 0 aliphatic heterocycles. The van der Waals surface area contributed by atoms with Gasteiger partial charge in [0.15, 0.2) is 0 Å². The van der Waals surface area contributed by atoms with Crippen LogP contribution in [0.1, 0.15) is 12.5 Å². The van der Waals surface area contributed by atoms with Gasteiger partial charge < -0.3 is 10.1 Å². The molecular formula is C24H19ClN2O2S. The highest BCUT2D eigenvalue weighted by Crippen LogP contribution is 2.29. The molecule has 0 radical (unpaired) electrons. The van der Waals surface area contributed by atoms with Crippen molar-refractivity contribution in [3.8, 4) is 11.8 Å². The molecule has 0 unspecified atom stereocenters. The standard InChI is InChI=1S/C24H19ClN2O2S/c1-2-29-21-9-7-20(8-10-21)27-24(28)18(16-26)15-17-3-11-22(12-4-17)30-23-13-5-19(25)6-14-23/h3-15H,2H2,1H3,(H,27,28)/b18-15-. The molecule has 0 bridgehead atoms. The van der Waals surface area contributed by atoms with Gasteiger partial charge in [0.25, 0.3) is 5.91 Å². The van der Waals surface area contributed by atoms with E-state index in [4.69, 9.17) is 16.3 Å². The smallest absolute Gasteiger partial charge is 0.266 e. The van der Waals surface area contributed by atoms with Gasteiger partial charge in [0.1, 0.15) is 17.4 Å². The highest BCUT2D eigenvalue weighted by molar-refractivity contribution is 7.99. The van der Waals surface area contributed by atoms with Crippen LogP contribution in [-0.2, 0) is 4.79 Å². The van der Waals surface area contributed by atoms with Crippen LogP contribution in [0.15, 0.2) is 88.2 Å². The quantitative estimate of drug-likeness (QED) is 0.343. The first kappa shape index (κ1) is 21.5. The van der Waals surface area contributed by atoms with E-state index in [0.717, 1.165) is 21.1 Å². The minimum absolute atomic E-state index is 0.0296. The molecule has 0 saturated heterocycles. The number of nitriles is 1. The first-order valence-electron chi connectivity index (χ1n) is 9.27. The molecule has 0 aromatic heterocycles. The number of ether oxygens (including phenoxy) is 1. The zero-order chi connectivity index (χ0) is 21.3. The van der Waals surface area contributed by atoms with Crippen LogP contribution in [0.4, 0.5) is 5.69 Å². The fraction of sp³-hybridized carbons (Fsp3) is 0.0833. The number of hydrogen-bond donors (Lipinski definition) is 1. The largest absolute Gasteiger partial charge is 0.494 e. The van der Waals surface area contributed by atoms with Gasteiger partial charge in [0, 0.05) is 20.5 Å². The molecular weight excluding hydrogens is 416 g/mol.